The molecule has 0 bridgehead atoms. The maximum atomic E-state index is 12.2. The van der Waals surface area contributed by atoms with Gasteiger partial charge in [0.25, 0.3) is 5.91 Å². The molecule has 2 aromatic rings. The average Bonchev–Trinajstić information content (AvgIpc) is 3.04. The lowest BCUT2D eigenvalue weighted by atomic mass is 10.2. The third kappa shape index (κ3) is 3.42. The first-order valence-corrected chi connectivity index (χ1v) is 7.29. The van der Waals surface area contributed by atoms with E-state index in [2.05, 4.69) is 20.2 Å². The molecular formula is C13H16N4O4S. The largest absolute Gasteiger partial charge is 0.449 e. The highest BCUT2D eigenvalue weighted by Gasteiger charge is 2.24. The van der Waals surface area contributed by atoms with E-state index < -0.39 is 18.0 Å². The summed E-state index contributed by atoms with van der Waals surface area (Å²) in [5.74, 6) is -0.253. The van der Waals surface area contributed by atoms with Crippen molar-refractivity contribution in [3.05, 3.63) is 23.1 Å². The number of rotatable bonds is 5. The Hall–Kier alpha value is -2.42. The zero-order valence-electron chi connectivity index (χ0n) is 12.6. The quantitative estimate of drug-likeness (QED) is 0.810. The molecule has 1 amide bonds. The summed E-state index contributed by atoms with van der Waals surface area (Å²) < 4.78 is 14.1. The predicted octanol–water partition coefficient (Wildman–Crippen LogP) is 1.97. The summed E-state index contributed by atoms with van der Waals surface area (Å²) in [4.78, 5) is 24.1. The van der Waals surface area contributed by atoms with Crippen LogP contribution in [0.15, 0.2) is 10.6 Å². The second kappa shape index (κ2) is 6.56. The van der Waals surface area contributed by atoms with Crippen LogP contribution in [-0.2, 0) is 9.53 Å². The molecule has 2 heterocycles. The van der Waals surface area contributed by atoms with Crippen molar-refractivity contribution in [1.82, 2.24) is 9.53 Å². The fourth-order valence-corrected chi connectivity index (χ4v) is 2.44. The van der Waals surface area contributed by atoms with Crippen LogP contribution in [0.25, 0.3) is 0 Å². The number of amides is 1. The molecule has 0 radical (unpaired) electrons. The van der Waals surface area contributed by atoms with E-state index in [0.717, 1.165) is 11.5 Å². The van der Waals surface area contributed by atoms with Gasteiger partial charge >= 0.3 is 5.97 Å². The Balaban J connectivity index is 2.01. The molecule has 118 valence electrons. The van der Waals surface area contributed by atoms with E-state index >= 15 is 0 Å². The van der Waals surface area contributed by atoms with Gasteiger partial charge in [-0.05, 0) is 32.3 Å². The van der Waals surface area contributed by atoms with Gasteiger partial charge in [0, 0.05) is 13.1 Å². The van der Waals surface area contributed by atoms with Crippen LogP contribution >= 0.6 is 11.5 Å². The summed E-state index contributed by atoms with van der Waals surface area (Å²) in [5, 5.41) is 9.62. The van der Waals surface area contributed by atoms with Crippen molar-refractivity contribution in [3.8, 4) is 0 Å². The fraction of sp³-hybridized carbons (Fsp3) is 0.385. The smallest absolute Gasteiger partial charge is 0.343 e. The Morgan fingerprint density at radius 2 is 2.14 bits per heavy atom. The number of carbonyl (C=O) groups is 2. The van der Waals surface area contributed by atoms with E-state index in [4.69, 9.17) is 9.26 Å². The molecule has 0 aromatic carbocycles. The van der Waals surface area contributed by atoms with Crippen molar-refractivity contribution in [2.75, 3.05) is 17.7 Å². The third-order valence-corrected chi connectivity index (χ3v) is 3.78. The number of nitrogens with one attached hydrogen (secondary N) is 2. The highest BCUT2D eigenvalue weighted by atomic mass is 32.1. The average molecular weight is 324 g/mol. The standard InChI is InChI=1S/C13H16N4O4S/c1-6-5-9(16-21-6)15-11(18)8(3)20-13(19)10-7(2)17-22-12(10)14-4/h5,8,14H,1-4H3,(H,15,16,18)/t8-/m1/s1. The molecule has 0 unspecified atom stereocenters. The molecule has 0 aliphatic carbocycles. The van der Waals surface area contributed by atoms with Gasteiger partial charge in [0.2, 0.25) is 0 Å². The third-order valence-electron chi connectivity index (χ3n) is 2.83. The van der Waals surface area contributed by atoms with E-state index in [-0.39, 0.29) is 5.82 Å². The number of aryl methyl sites for hydroxylation is 2. The number of esters is 1. The lowest BCUT2D eigenvalue weighted by molar-refractivity contribution is -0.123. The molecule has 0 fully saturated rings. The van der Waals surface area contributed by atoms with Gasteiger partial charge in [-0.1, -0.05) is 5.16 Å². The first-order valence-electron chi connectivity index (χ1n) is 6.51. The van der Waals surface area contributed by atoms with Crippen molar-refractivity contribution < 1.29 is 18.8 Å². The minimum atomic E-state index is -0.978. The molecule has 2 N–H and O–H groups in total. The Morgan fingerprint density at radius 3 is 2.73 bits per heavy atom. The Bertz CT molecular complexity index is 694. The molecule has 1 atom stereocenters. The van der Waals surface area contributed by atoms with Gasteiger partial charge < -0.3 is 19.9 Å². The lowest BCUT2D eigenvalue weighted by Gasteiger charge is -2.12. The number of aromatic nitrogens is 2. The Labute approximate surface area is 131 Å². The van der Waals surface area contributed by atoms with Crippen molar-refractivity contribution in [3.63, 3.8) is 0 Å². The van der Waals surface area contributed by atoms with E-state index in [0.29, 0.717) is 22.0 Å². The van der Waals surface area contributed by atoms with Gasteiger partial charge in [0.15, 0.2) is 11.9 Å². The van der Waals surface area contributed by atoms with Crippen LogP contribution in [0.4, 0.5) is 10.8 Å². The molecule has 0 saturated heterocycles. The highest BCUT2D eigenvalue weighted by molar-refractivity contribution is 7.10. The molecule has 2 rings (SSSR count). The van der Waals surface area contributed by atoms with Gasteiger partial charge in [0.1, 0.15) is 16.3 Å². The summed E-state index contributed by atoms with van der Waals surface area (Å²) in [6.45, 7) is 4.89. The summed E-state index contributed by atoms with van der Waals surface area (Å²) in [7, 11) is 1.69. The molecule has 22 heavy (non-hydrogen) atoms. The summed E-state index contributed by atoms with van der Waals surface area (Å²) >= 11 is 1.16. The van der Waals surface area contributed by atoms with E-state index in [1.54, 1.807) is 27.0 Å². The molecule has 0 aliphatic heterocycles. The van der Waals surface area contributed by atoms with E-state index in [1.807, 2.05) is 0 Å². The van der Waals surface area contributed by atoms with Crippen molar-refractivity contribution in [2.45, 2.75) is 26.9 Å². The van der Waals surface area contributed by atoms with Crippen LogP contribution < -0.4 is 10.6 Å². The van der Waals surface area contributed by atoms with Gasteiger partial charge in [-0.3, -0.25) is 4.79 Å². The van der Waals surface area contributed by atoms with Gasteiger partial charge in [-0.15, -0.1) is 0 Å². The molecule has 8 nitrogen and oxygen atoms in total. The fourth-order valence-electron chi connectivity index (χ4n) is 1.71. The number of anilines is 2. The first kappa shape index (κ1) is 16.0. The van der Waals surface area contributed by atoms with Crippen molar-refractivity contribution in [2.24, 2.45) is 0 Å². The molecule has 0 aliphatic rings. The lowest BCUT2D eigenvalue weighted by Crippen LogP contribution is -2.30. The molecular weight excluding hydrogens is 308 g/mol. The monoisotopic (exact) mass is 324 g/mol. The number of carbonyl (C=O) groups excluding carboxylic acids is 2. The number of hydrogen-bond donors (Lipinski definition) is 2. The molecule has 2 aromatic heterocycles. The highest BCUT2D eigenvalue weighted by Crippen LogP contribution is 2.25. The summed E-state index contributed by atoms with van der Waals surface area (Å²) in [6, 6.07) is 1.57. The maximum absolute atomic E-state index is 12.2. The number of hydrogen-bond acceptors (Lipinski definition) is 8. The SMILES string of the molecule is CNc1snc(C)c1C(=O)O[C@H](C)C(=O)Nc1cc(C)on1. The first-order chi connectivity index (χ1) is 10.4. The van der Waals surface area contributed by atoms with Crippen molar-refractivity contribution in [1.29, 1.82) is 0 Å². The van der Waals surface area contributed by atoms with Crippen LogP contribution in [0.5, 0.6) is 0 Å². The van der Waals surface area contributed by atoms with Crippen LogP contribution in [0.1, 0.15) is 28.7 Å². The summed E-state index contributed by atoms with van der Waals surface area (Å²) in [5.41, 5.74) is 0.892. The van der Waals surface area contributed by atoms with Gasteiger partial charge in [-0.2, -0.15) is 4.37 Å². The van der Waals surface area contributed by atoms with Crippen LogP contribution in [0, 0.1) is 13.8 Å². The van der Waals surface area contributed by atoms with Gasteiger partial charge in [-0.25, -0.2) is 4.79 Å². The van der Waals surface area contributed by atoms with Gasteiger partial charge in [0.05, 0.1) is 5.69 Å². The number of nitrogens with zero attached hydrogens (tertiary/aromatic N) is 2. The van der Waals surface area contributed by atoms with E-state index in [9.17, 15) is 9.59 Å². The second-order valence-corrected chi connectivity index (χ2v) is 5.36. The molecule has 9 heteroatoms. The molecule has 0 saturated carbocycles. The Kier molecular flexibility index (Phi) is 4.76. The normalized spacial score (nSPS) is 11.8. The zero-order valence-corrected chi connectivity index (χ0v) is 13.4. The number of ether oxygens (including phenoxy) is 1. The summed E-state index contributed by atoms with van der Waals surface area (Å²) in [6.07, 6.45) is -0.978. The van der Waals surface area contributed by atoms with Crippen molar-refractivity contribution >= 4 is 34.2 Å². The predicted molar refractivity (Wildman–Crippen MR) is 81.1 cm³/mol. The van der Waals surface area contributed by atoms with Crippen LogP contribution in [-0.4, -0.2) is 34.6 Å². The van der Waals surface area contributed by atoms with Crippen LogP contribution in [0.3, 0.4) is 0 Å². The maximum Gasteiger partial charge on any atom is 0.343 e. The van der Waals surface area contributed by atoms with Crippen LogP contribution in [0.2, 0.25) is 0 Å². The molecule has 0 spiro atoms. The van der Waals surface area contributed by atoms with E-state index in [1.165, 1.54) is 6.92 Å². The Morgan fingerprint density at radius 1 is 1.41 bits per heavy atom. The topological polar surface area (TPSA) is 106 Å². The minimum Gasteiger partial charge on any atom is -0.449 e. The minimum absolute atomic E-state index is 0.273. The second-order valence-electron chi connectivity index (χ2n) is 4.58. The zero-order chi connectivity index (χ0) is 16.3.